The van der Waals surface area contributed by atoms with E-state index in [1.165, 1.54) is 11.3 Å². The summed E-state index contributed by atoms with van der Waals surface area (Å²) < 4.78 is 0. The molecule has 31 heavy (non-hydrogen) atoms. The monoisotopic (exact) mass is 433 g/mol. The standard InChI is InChI=1S/C24H27N5OS/c25-15-18-7-9-19(10-8-18)29-12-4-11-28(13-14-29)17-23(30)27-24-21(16-26)20-5-2-1-3-6-22(20)31-24/h7-10H,1-6,11-14,17H2,(H,27,30). The van der Waals surface area contributed by atoms with Crippen molar-refractivity contribution in [2.45, 2.75) is 38.5 Å². The molecule has 0 saturated carbocycles. The highest BCUT2D eigenvalue weighted by Crippen LogP contribution is 2.37. The number of thiophene rings is 1. The Hall–Kier alpha value is -2.87. The summed E-state index contributed by atoms with van der Waals surface area (Å²) in [7, 11) is 0. The molecule has 1 aromatic carbocycles. The van der Waals surface area contributed by atoms with E-state index in [0.717, 1.165) is 74.5 Å². The van der Waals surface area contributed by atoms with Crippen LogP contribution >= 0.6 is 11.3 Å². The lowest BCUT2D eigenvalue weighted by atomic mass is 10.1. The van der Waals surface area contributed by atoms with Crippen molar-refractivity contribution in [3.8, 4) is 12.1 Å². The Morgan fingerprint density at radius 1 is 0.968 bits per heavy atom. The van der Waals surface area contributed by atoms with Crippen LogP contribution in [0.2, 0.25) is 0 Å². The molecule has 0 unspecified atom stereocenters. The number of benzene rings is 1. The SMILES string of the molecule is N#Cc1ccc(N2CCCN(CC(=O)Nc3sc4c(c3C#N)CCCCC4)CC2)cc1. The van der Waals surface area contributed by atoms with Gasteiger partial charge >= 0.3 is 0 Å². The van der Waals surface area contributed by atoms with Crippen LogP contribution in [0.15, 0.2) is 24.3 Å². The number of carbonyl (C=O) groups excluding carboxylic acids is 1. The van der Waals surface area contributed by atoms with Crippen LogP contribution < -0.4 is 10.2 Å². The Kier molecular flexibility index (Phi) is 6.86. The van der Waals surface area contributed by atoms with Gasteiger partial charge in [0.1, 0.15) is 11.1 Å². The van der Waals surface area contributed by atoms with E-state index < -0.39 is 0 Å². The number of anilines is 2. The number of nitrogens with zero attached hydrogens (tertiary/aromatic N) is 4. The van der Waals surface area contributed by atoms with Gasteiger partial charge in [0.05, 0.1) is 23.7 Å². The van der Waals surface area contributed by atoms with Crippen molar-refractivity contribution in [2.24, 2.45) is 0 Å². The zero-order valence-electron chi connectivity index (χ0n) is 17.7. The van der Waals surface area contributed by atoms with Crippen molar-refractivity contribution in [1.82, 2.24) is 4.90 Å². The molecule has 2 heterocycles. The van der Waals surface area contributed by atoms with Gasteiger partial charge in [0.25, 0.3) is 0 Å². The number of amides is 1. The Labute approximate surface area is 187 Å². The fraction of sp³-hybridized carbons (Fsp3) is 0.458. The molecule has 0 atom stereocenters. The van der Waals surface area contributed by atoms with Gasteiger partial charge in [-0.3, -0.25) is 9.69 Å². The van der Waals surface area contributed by atoms with Crippen LogP contribution in [0.25, 0.3) is 0 Å². The molecular formula is C24H27N5OS. The zero-order chi connectivity index (χ0) is 21.6. The number of hydrogen-bond donors (Lipinski definition) is 1. The molecule has 1 aliphatic heterocycles. The summed E-state index contributed by atoms with van der Waals surface area (Å²) in [5.41, 5.74) is 3.62. The second kappa shape index (κ2) is 9.96. The summed E-state index contributed by atoms with van der Waals surface area (Å²) in [6.07, 6.45) is 6.43. The third-order valence-corrected chi connectivity index (χ3v) is 7.31. The van der Waals surface area contributed by atoms with E-state index in [1.807, 2.05) is 24.3 Å². The highest BCUT2D eigenvalue weighted by atomic mass is 32.1. The summed E-state index contributed by atoms with van der Waals surface area (Å²) >= 11 is 1.59. The van der Waals surface area contributed by atoms with E-state index in [2.05, 4.69) is 27.3 Å². The normalized spacial score (nSPS) is 17.0. The Morgan fingerprint density at radius 2 is 1.77 bits per heavy atom. The number of nitrogens with one attached hydrogen (secondary N) is 1. The molecule has 1 fully saturated rings. The summed E-state index contributed by atoms with van der Waals surface area (Å²) in [6.45, 7) is 3.79. The van der Waals surface area contributed by atoms with Crippen molar-refractivity contribution < 1.29 is 4.79 Å². The highest BCUT2D eigenvalue weighted by Gasteiger charge is 2.22. The number of aryl methyl sites for hydroxylation is 1. The minimum atomic E-state index is -0.0419. The molecule has 0 radical (unpaired) electrons. The number of rotatable bonds is 4. The van der Waals surface area contributed by atoms with Crippen LogP contribution in [0.3, 0.4) is 0 Å². The molecule has 1 amide bonds. The maximum atomic E-state index is 12.8. The van der Waals surface area contributed by atoms with Crippen molar-refractivity contribution in [3.05, 3.63) is 45.8 Å². The minimum absolute atomic E-state index is 0.0419. The molecule has 4 rings (SSSR count). The van der Waals surface area contributed by atoms with Gasteiger partial charge in [0, 0.05) is 36.7 Å². The molecule has 1 N–H and O–H groups in total. The third-order valence-electron chi connectivity index (χ3n) is 6.10. The van der Waals surface area contributed by atoms with E-state index in [4.69, 9.17) is 5.26 Å². The molecule has 1 aliphatic carbocycles. The van der Waals surface area contributed by atoms with Gasteiger partial charge in [-0.15, -0.1) is 11.3 Å². The Bertz CT molecular complexity index is 1010. The van der Waals surface area contributed by atoms with E-state index in [-0.39, 0.29) is 5.91 Å². The van der Waals surface area contributed by atoms with Crippen LogP contribution in [0.5, 0.6) is 0 Å². The van der Waals surface area contributed by atoms with Gasteiger partial charge in [-0.2, -0.15) is 10.5 Å². The minimum Gasteiger partial charge on any atom is -0.370 e. The van der Waals surface area contributed by atoms with Crippen LogP contribution in [0.4, 0.5) is 10.7 Å². The first-order valence-electron chi connectivity index (χ1n) is 11.0. The summed E-state index contributed by atoms with van der Waals surface area (Å²) in [5.74, 6) is -0.0419. The van der Waals surface area contributed by atoms with E-state index in [9.17, 15) is 10.1 Å². The van der Waals surface area contributed by atoms with Crippen LogP contribution in [0.1, 0.15) is 47.3 Å². The maximum absolute atomic E-state index is 12.8. The van der Waals surface area contributed by atoms with Crippen LogP contribution in [-0.4, -0.2) is 43.5 Å². The van der Waals surface area contributed by atoms with Crippen molar-refractivity contribution in [3.63, 3.8) is 0 Å². The highest BCUT2D eigenvalue weighted by molar-refractivity contribution is 7.16. The summed E-state index contributed by atoms with van der Waals surface area (Å²) in [6, 6.07) is 12.2. The van der Waals surface area contributed by atoms with E-state index in [0.29, 0.717) is 17.7 Å². The number of hydrogen-bond acceptors (Lipinski definition) is 6. The summed E-state index contributed by atoms with van der Waals surface area (Å²) in [4.78, 5) is 18.5. The number of fused-ring (bicyclic) bond motifs is 1. The number of nitriles is 2. The molecule has 7 heteroatoms. The lowest BCUT2D eigenvalue weighted by molar-refractivity contribution is -0.117. The van der Waals surface area contributed by atoms with Crippen molar-refractivity contribution in [1.29, 1.82) is 10.5 Å². The molecular weight excluding hydrogens is 406 g/mol. The molecule has 1 aromatic heterocycles. The Morgan fingerprint density at radius 3 is 2.55 bits per heavy atom. The molecule has 0 spiro atoms. The van der Waals surface area contributed by atoms with Crippen LogP contribution in [0, 0.1) is 22.7 Å². The first-order valence-corrected chi connectivity index (χ1v) is 11.8. The van der Waals surface area contributed by atoms with E-state index in [1.54, 1.807) is 11.3 Å². The van der Waals surface area contributed by atoms with Gasteiger partial charge in [-0.05, 0) is 61.9 Å². The van der Waals surface area contributed by atoms with Crippen molar-refractivity contribution in [2.75, 3.05) is 42.9 Å². The maximum Gasteiger partial charge on any atom is 0.239 e. The predicted molar refractivity (Wildman–Crippen MR) is 123 cm³/mol. The lowest BCUT2D eigenvalue weighted by Gasteiger charge is -2.23. The molecule has 2 aromatic rings. The van der Waals surface area contributed by atoms with Gasteiger partial charge in [0.15, 0.2) is 0 Å². The molecule has 1 saturated heterocycles. The second-order valence-corrected chi connectivity index (χ2v) is 9.31. The number of carbonyl (C=O) groups is 1. The molecule has 0 bridgehead atoms. The Balaban J connectivity index is 1.35. The predicted octanol–water partition coefficient (Wildman–Crippen LogP) is 3.91. The van der Waals surface area contributed by atoms with Crippen LogP contribution in [-0.2, 0) is 17.6 Å². The first-order chi connectivity index (χ1) is 15.2. The fourth-order valence-corrected chi connectivity index (χ4v) is 5.71. The van der Waals surface area contributed by atoms with E-state index >= 15 is 0 Å². The van der Waals surface area contributed by atoms with Gasteiger partial charge < -0.3 is 10.2 Å². The second-order valence-electron chi connectivity index (χ2n) is 8.20. The zero-order valence-corrected chi connectivity index (χ0v) is 18.5. The lowest BCUT2D eigenvalue weighted by Crippen LogP contribution is -2.36. The van der Waals surface area contributed by atoms with Gasteiger partial charge in [-0.1, -0.05) is 6.42 Å². The quantitative estimate of drug-likeness (QED) is 0.739. The van der Waals surface area contributed by atoms with Gasteiger partial charge in [0.2, 0.25) is 5.91 Å². The third kappa shape index (κ3) is 5.07. The molecule has 6 nitrogen and oxygen atoms in total. The summed E-state index contributed by atoms with van der Waals surface area (Å²) in [5, 5.41) is 22.4. The average molecular weight is 434 g/mol. The smallest absolute Gasteiger partial charge is 0.239 e. The molecule has 2 aliphatic rings. The van der Waals surface area contributed by atoms with Gasteiger partial charge in [-0.25, -0.2) is 0 Å². The van der Waals surface area contributed by atoms with Crippen molar-refractivity contribution >= 4 is 27.9 Å². The first kappa shape index (κ1) is 21.4. The topological polar surface area (TPSA) is 83.2 Å². The largest absolute Gasteiger partial charge is 0.370 e. The average Bonchev–Trinajstić information content (AvgIpc) is 2.96. The molecule has 160 valence electrons. The fourth-order valence-electron chi connectivity index (χ4n) is 4.45.